The van der Waals surface area contributed by atoms with Gasteiger partial charge >= 0.3 is 5.97 Å². The molecule has 0 spiro atoms. The van der Waals surface area contributed by atoms with Crippen LogP contribution in [0.5, 0.6) is 0 Å². The van der Waals surface area contributed by atoms with Gasteiger partial charge in [0.2, 0.25) is 0 Å². The minimum absolute atomic E-state index is 0.00549. The number of ether oxygens (including phenoxy) is 1. The van der Waals surface area contributed by atoms with E-state index in [2.05, 4.69) is 39.1 Å². The van der Waals surface area contributed by atoms with Gasteiger partial charge in [0.25, 0.3) is 0 Å². The Kier molecular flexibility index (Phi) is 8.77. The monoisotopic (exact) mass is 622 g/mol. The minimum Gasteiger partial charge on any atom is -0.511 e. The van der Waals surface area contributed by atoms with Gasteiger partial charge < -0.3 is 20.3 Å². The van der Waals surface area contributed by atoms with Crippen molar-refractivity contribution in [3.8, 4) is 0 Å². The van der Waals surface area contributed by atoms with Gasteiger partial charge in [-0.2, -0.15) is 0 Å². The average Bonchev–Trinajstić information content (AvgIpc) is 3.76. The maximum Gasteiger partial charge on any atom is 0.305 e. The van der Waals surface area contributed by atoms with Gasteiger partial charge in [0.05, 0.1) is 46.9 Å². The maximum absolute atomic E-state index is 12.8. The molecule has 1 saturated heterocycles. The lowest BCUT2D eigenvalue weighted by atomic mass is 9.86. The molecule has 0 radical (unpaired) electrons. The molecule has 8 bridgehead atoms. The molecule has 5 aliphatic heterocycles. The standard InChI is InChI=1S/C38H46N4O4/c1-8-10-11-14-46-34(45)13-12-25-20(4)28-16-29-21(5)35(23(7)43)32(40-29)18-27-19(3)24(9-2)31(39-27)17-30-22(6)36-33(44)15-26(37(25)41-28)38(36)42-30/h16-18,20,23,25,41,43-44H,8-15H2,1-7H3/t20-,23+,25-/m0/s1. The fourth-order valence-electron chi connectivity index (χ4n) is 7.54. The first-order chi connectivity index (χ1) is 22.0. The molecule has 1 aliphatic carbocycles. The molecule has 3 N–H and O–H groups in total. The summed E-state index contributed by atoms with van der Waals surface area (Å²) in [5.41, 5.74) is 13.4. The van der Waals surface area contributed by atoms with Crippen molar-refractivity contribution >= 4 is 23.1 Å². The molecule has 0 amide bonds. The number of hydrogen-bond donors (Lipinski definition) is 3. The van der Waals surface area contributed by atoms with Crippen LogP contribution in [-0.4, -0.2) is 46.0 Å². The zero-order valence-electron chi connectivity index (χ0n) is 28.2. The average molecular weight is 623 g/mol. The maximum atomic E-state index is 12.8. The molecular formula is C38H46N4O4. The number of carbonyl (C=O) groups excluding carboxylic acids is 1. The van der Waals surface area contributed by atoms with Crippen molar-refractivity contribution in [3.05, 3.63) is 91.5 Å². The number of fused-ring (bicyclic) bond motifs is 5. The van der Waals surface area contributed by atoms with Crippen LogP contribution < -0.4 is 5.32 Å². The van der Waals surface area contributed by atoms with Crippen LogP contribution in [0.3, 0.4) is 0 Å². The highest BCUT2D eigenvalue weighted by Gasteiger charge is 2.41. The number of nitrogens with zero attached hydrogens (tertiary/aromatic N) is 3. The molecule has 0 aromatic rings. The van der Waals surface area contributed by atoms with Gasteiger partial charge in [0.1, 0.15) is 5.76 Å². The molecule has 0 aromatic carbocycles. The van der Waals surface area contributed by atoms with Crippen molar-refractivity contribution in [2.45, 2.75) is 99.5 Å². The Morgan fingerprint density at radius 1 is 1.02 bits per heavy atom. The summed E-state index contributed by atoms with van der Waals surface area (Å²) in [6, 6.07) is 0. The van der Waals surface area contributed by atoms with Gasteiger partial charge in [-0.25, -0.2) is 15.0 Å². The quantitative estimate of drug-likeness (QED) is 0.181. The van der Waals surface area contributed by atoms with E-state index < -0.39 is 6.10 Å². The van der Waals surface area contributed by atoms with Crippen molar-refractivity contribution in [1.29, 1.82) is 0 Å². The Morgan fingerprint density at radius 2 is 1.76 bits per heavy atom. The Hall–Kier alpha value is -4.04. The zero-order valence-corrected chi connectivity index (χ0v) is 28.2. The van der Waals surface area contributed by atoms with Crippen LogP contribution in [0, 0.1) is 11.8 Å². The van der Waals surface area contributed by atoms with Crippen LogP contribution in [0.1, 0.15) is 93.4 Å². The highest BCUT2D eigenvalue weighted by Crippen LogP contribution is 2.46. The van der Waals surface area contributed by atoms with Crippen LogP contribution in [0.25, 0.3) is 0 Å². The Labute approximate surface area is 272 Å². The predicted molar refractivity (Wildman–Crippen MR) is 183 cm³/mol. The number of rotatable bonds is 9. The van der Waals surface area contributed by atoms with E-state index in [0.29, 0.717) is 31.6 Å². The summed E-state index contributed by atoms with van der Waals surface area (Å²) in [5, 5.41) is 25.9. The summed E-state index contributed by atoms with van der Waals surface area (Å²) in [6.07, 6.45) is 10.5. The van der Waals surface area contributed by atoms with E-state index in [4.69, 9.17) is 19.7 Å². The first-order valence-corrected chi connectivity index (χ1v) is 16.8. The van der Waals surface area contributed by atoms with Gasteiger partial charge in [0.15, 0.2) is 0 Å². The number of hydrogen-bond acceptors (Lipinski definition) is 8. The predicted octanol–water partition coefficient (Wildman–Crippen LogP) is 7.55. The minimum atomic E-state index is -0.702. The van der Waals surface area contributed by atoms with Crippen LogP contribution in [0.15, 0.2) is 106 Å². The topological polar surface area (TPSA) is 116 Å². The Morgan fingerprint density at radius 3 is 2.48 bits per heavy atom. The van der Waals surface area contributed by atoms with Crippen LogP contribution in [-0.2, 0) is 9.53 Å². The number of aliphatic imine (C=N–C) groups is 3. The first kappa shape index (κ1) is 31.9. The molecule has 8 nitrogen and oxygen atoms in total. The summed E-state index contributed by atoms with van der Waals surface area (Å²) in [5.74, 6) is 0.184. The summed E-state index contributed by atoms with van der Waals surface area (Å²) in [6.45, 7) is 14.8. The third-order valence-corrected chi connectivity index (χ3v) is 10.2. The normalized spacial score (nSPS) is 24.3. The van der Waals surface area contributed by atoms with E-state index >= 15 is 0 Å². The number of allylic oxidation sites excluding steroid dienone is 11. The molecule has 242 valence electrons. The number of aliphatic hydroxyl groups excluding tert-OH is 2. The van der Waals surface area contributed by atoms with Crippen LogP contribution >= 0.6 is 0 Å². The van der Waals surface area contributed by atoms with E-state index in [1.807, 2.05) is 26.0 Å². The van der Waals surface area contributed by atoms with Gasteiger partial charge in [-0.15, -0.1) is 0 Å². The molecule has 0 aromatic heterocycles. The third kappa shape index (κ3) is 5.51. The number of carbonyl (C=O) groups is 1. The number of esters is 1. The van der Waals surface area contributed by atoms with Gasteiger partial charge in [-0.1, -0.05) is 33.6 Å². The lowest BCUT2D eigenvalue weighted by Crippen LogP contribution is -2.16. The van der Waals surface area contributed by atoms with Crippen molar-refractivity contribution in [3.63, 3.8) is 0 Å². The summed E-state index contributed by atoms with van der Waals surface area (Å²) in [7, 11) is 0. The smallest absolute Gasteiger partial charge is 0.305 e. The SMILES string of the molecule is CCCCCOC(=O)CC[C@@H]1C2=C3CC(O)=C4C3=NC(=C4C)C=C3N=C(C=C4N=C(C=C(N2)[C@H]1C)C(C)=C4[C@@H](C)O)C(C)=C3CC. The Bertz CT molecular complexity index is 1750. The first-order valence-electron chi connectivity index (χ1n) is 16.8. The Balaban J connectivity index is 1.49. The third-order valence-electron chi connectivity index (χ3n) is 10.2. The van der Waals surface area contributed by atoms with E-state index in [9.17, 15) is 15.0 Å². The molecular weight excluding hydrogens is 576 g/mol. The number of aliphatic hydroxyl groups is 2. The molecule has 1 fully saturated rings. The largest absolute Gasteiger partial charge is 0.511 e. The van der Waals surface area contributed by atoms with Gasteiger partial charge in [0, 0.05) is 52.8 Å². The fourth-order valence-corrected chi connectivity index (χ4v) is 7.54. The molecule has 46 heavy (non-hydrogen) atoms. The van der Waals surface area contributed by atoms with Crippen molar-refractivity contribution in [1.82, 2.24) is 5.32 Å². The molecule has 8 heteroatoms. The molecule has 6 aliphatic rings. The van der Waals surface area contributed by atoms with Gasteiger partial charge in [-0.3, -0.25) is 4.79 Å². The molecule has 6 rings (SSSR count). The zero-order chi connectivity index (χ0) is 32.9. The van der Waals surface area contributed by atoms with Gasteiger partial charge in [-0.05, 0) is 87.5 Å². The van der Waals surface area contributed by atoms with E-state index in [1.165, 1.54) is 0 Å². The second-order valence-corrected chi connectivity index (χ2v) is 13.2. The highest BCUT2D eigenvalue weighted by atomic mass is 16.5. The van der Waals surface area contributed by atoms with E-state index in [-0.39, 0.29) is 17.8 Å². The number of unbranched alkanes of at least 4 members (excludes halogenated alkanes) is 2. The summed E-state index contributed by atoms with van der Waals surface area (Å²) < 4.78 is 5.56. The second-order valence-electron chi connectivity index (χ2n) is 13.2. The summed E-state index contributed by atoms with van der Waals surface area (Å²) in [4.78, 5) is 28.0. The molecule has 3 atom stereocenters. The highest BCUT2D eigenvalue weighted by molar-refractivity contribution is 6.21. The van der Waals surface area contributed by atoms with E-state index in [0.717, 1.165) is 110 Å². The summed E-state index contributed by atoms with van der Waals surface area (Å²) >= 11 is 0. The van der Waals surface area contributed by atoms with Crippen molar-refractivity contribution in [2.75, 3.05) is 6.61 Å². The molecule has 0 saturated carbocycles. The van der Waals surface area contributed by atoms with Crippen molar-refractivity contribution in [2.24, 2.45) is 26.8 Å². The van der Waals surface area contributed by atoms with Crippen molar-refractivity contribution < 1.29 is 19.7 Å². The lowest BCUT2D eigenvalue weighted by molar-refractivity contribution is -0.144. The fraction of sp³-hybridized carbons (Fsp3) is 0.474. The molecule has 0 unspecified atom stereocenters. The van der Waals surface area contributed by atoms with Crippen LogP contribution in [0.2, 0.25) is 0 Å². The molecule has 5 heterocycles. The lowest BCUT2D eigenvalue weighted by Gasteiger charge is -2.17. The second kappa shape index (κ2) is 12.6. The number of nitrogens with one attached hydrogen (secondary N) is 1. The van der Waals surface area contributed by atoms with E-state index in [1.54, 1.807) is 6.92 Å². The van der Waals surface area contributed by atoms with Crippen LogP contribution in [0.4, 0.5) is 0 Å².